The number of ether oxygens (including phenoxy) is 4. The summed E-state index contributed by atoms with van der Waals surface area (Å²) >= 11 is 3.43. The van der Waals surface area contributed by atoms with Crippen molar-refractivity contribution in [2.24, 2.45) is 5.73 Å². The zero-order valence-corrected chi connectivity index (χ0v) is 15.2. The number of allylic oxidation sites excluding steroid dienone is 2. The first kappa shape index (κ1) is 17.2. The molecule has 1 aromatic rings. The van der Waals surface area contributed by atoms with Crippen LogP contribution in [-0.2, 0) is 14.3 Å². The lowest BCUT2D eigenvalue weighted by molar-refractivity contribution is -0.139. The van der Waals surface area contributed by atoms with Crippen molar-refractivity contribution >= 4 is 21.9 Å². The Balaban J connectivity index is 2.17. The minimum absolute atomic E-state index is 0.0353. The van der Waals surface area contributed by atoms with Crippen LogP contribution >= 0.6 is 15.9 Å². The summed E-state index contributed by atoms with van der Waals surface area (Å²) in [6.45, 7) is 3.63. The number of fused-ring (bicyclic) bond motifs is 1. The fourth-order valence-electron chi connectivity index (χ4n) is 2.84. The van der Waals surface area contributed by atoms with Gasteiger partial charge in [-0.2, -0.15) is 5.26 Å². The van der Waals surface area contributed by atoms with Crippen molar-refractivity contribution in [3.05, 3.63) is 45.0 Å². The molecule has 2 N–H and O–H groups in total. The maximum Gasteiger partial charge on any atom is 0.338 e. The number of halogens is 1. The Kier molecular flexibility index (Phi) is 4.59. The Hall–Kier alpha value is -2.66. The van der Waals surface area contributed by atoms with Gasteiger partial charge in [0.2, 0.25) is 12.7 Å². The molecule has 2 aliphatic rings. The first-order valence-corrected chi connectivity index (χ1v) is 8.31. The second kappa shape index (κ2) is 6.69. The van der Waals surface area contributed by atoms with Crippen molar-refractivity contribution in [3.8, 4) is 17.6 Å². The third-order valence-corrected chi connectivity index (χ3v) is 4.47. The van der Waals surface area contributed by atoms with Crippen LogP contribution in [0.3, 0.4) is 0 Å². The number of nitrogens with two attached hydrogens (primary N) is 1. The highest BCUT2D eigenvalue weighted by Gasteiger charge is 2.37. The number of nitrogens with zero attached hydrogens (tertiary/aromatic N) is 1. The number of rotatable bonds is 3. The molecule has 0 aromatic heterocycles. The van der Waals surface area contributed by atoms with Gasteiger partial charge < -0.3 is 24.7 Å². The van der Waals surface area contributed by atoms with Crippen molar-refractivity contribution in [1.82, 2.24) is 0 Å². The summed E-state index contributed by atoms with van der Waals surface area (Å²) in [5, 5.41) is 9.56. The third-order valence-electron chi connectivity index (χ3n) is 3.88. The van der Waals surface area contributed by atoms with Crippen LogP contribution in [0.4, 0.5) is 0 Å². The van der Waals surface area contributed by atoms with Crippen molar-refractivity contribution in [1.29, 1.82) is 5.26 Å². The molecule has 0 bridgehead atoms. The highest BCUT2D eigenvalue weighted by Crippen LogP contribution is 2.46. The molecule has 2 heterocycles. The monoisotopic (exact) mass is 406 g/mol. The Morgan fingerprint density at radius 2 is 2.24 bits per heavy atom. The topological polar surface area (TPSA) is 104 Å². The first-order chi connectivity index (χ1) is 12.0. The van der Waals surface area contributed by atoms with E-state index in [1.165, 1.54) is 0 Å². The Morgan fingerprint density at radius 1 is 1.48 bits per heavy atom. The lowest BCUT2D eigenvalue weighted by Crippen LogP contribution is -2.25. The zero-order valence-electron chi connectivity index (χ0n) is 13.6. The molecule has 0 aliphatic carbocycles. The molecule has 7 nitrogen and oxygen atoms in total. The number of carbonyl (C=O) groups is 1. The summed E-state index contributed by atoms with van der Waals surface area (Å²) in [7, 11) is 0. The minimum atomic E-state index is -0.719. The lowest BCUT2D eigenvalue weighted by atomic mass is 9.83. The molecule has 25 heavy (non-hydrogen) atoms. The van der Waals surface area contributed by atoms with Crippen LogP contribution in [0, 0.1) is 11.3 Å². The third kappa shape index (κ3) is 2.91. The summed E-state index contributed by atoms with van der Waals surface area (Å²) in [6, 6.07) is 5.52. The van der Waals surface area contributed by atoms with Gasteiger partial charge in [-0.25, -0.2) is 4.79 Å². The molecule has 130 valence electrons. The highest BCUT2D eigenvalue weighted by molar-refractivity contribution is 9.10. The molecule has 1 unspecified atom stereocenters. The van der Waals surface area contributed by atoms with E-state index >= 15 is 0 Å². The molecule has 0 amide bonds. The molecule has 0 fully saturated rings. The molecule has 2 aliphatic heterocycles. The number of nitriles is 1. The lowest BCUT2D eigenvalue weighted by Gasteiger charge is -2.27. The van der Waals surface area contributed by atoms with E-state index in [-0.39, 0.29) is 30.4 Å². The van der Waals surface area contributed by atoms with E-state index in [2.05, 4.69) is 15.9 Å². The summed E-state index contributed by atoms with van der Waals surface area (Å²) in [5.41, 5.74) is 6.89. The SMILES string of the molecule is CCOC(=O)C1=C(C)OC(N)=C(C#N)C1c1cc(Br)c2c(c1)OCO2. The van der Waals surface area contributed by atoms with Gasteiger partial charge in [-0.3, -0.25) is 0 Å². The van der Waals surface area contributed by atoms with E-state index in [0.717, 1.165) is 0 Å². The average Bonchev–Trinajstić information content (AvgIpc) is 3.03. The second-order valence-corrected chi connectivity index (χ2v) is 6.21. The molecule has 3 rings (SSSR count). The van der Waals surface area contributed by atoms with Crippen molar-refractivity contribution < 1.29 is 23.7 Å². The van der Waals surface area contributed by atoms with Gasteiger partial charge in [-0.05, 0) is 47.5 Å². The van der Waals surface area contributed by atoms with E-state index in [1.807, 2.05) is 6.07 Å². The summed E-state index contributed by atoms with van der Waals surface area (Å²) in [6.07, 6.45) is 0. The molecule has 0 saturated heterocycles. The maximum absolute atomic E-state index is 12.5. The maximum atomic E-state index is 12.5. The molecule has 0 radical (unpaired) electrons. The largest absolute Gasteiger partial charge is 0.463 e. The van der Waals surface area contributed by atoms with Gasteiger partial charge in [-0.15, -0.1) is 0 Å². The van der Waals surface area contributed by atoms with E-state index in [9.17, 15) is 10.1 Å². The minimum Gasteiger partial charge on any atom is -0.463 e. The van der Waals surface area contributed by atoms with Crippen molar-refractivity contribution in [2.75, 3.05) is 13.4 Å². The molecule has 0 spiro atoms. The van der Waals surface area contributed by atoms with Crippen LogP contribution in [0.2, 0.25) is 0 Å². The van der Waals surface area contributed by atoms with E-state index < -0.39 is 11.9 Å². The van der Waals surface area contributed by atoms with Gasteiger partial charge >= 0.3 is 5.97 Å². The smallest absolute Gasteiger partial charge is 0.338 e. The van der Waals surface area contributed by atoms with Gasteiger partial charge in [0.05, 0.1) is 22.6 Å². The number of hydrogen-bond donors (Lipinski definition) is 1. The molecule has 0 saturated carbocycles. The van der Waals surface area contributed by atoms with Crippen LogP contribution < -0.4 is 15.2 Å². The standard InChI is InChI=1S/C17H15BrN2O5/c1-3-22-17(21)13-8(2)25-16(20)10(6-19)14(13)9-4-11(18)15-12(5-9)23-7-24-15/h4-5,14H,3,7,20H2,1-2H3. The Labute approximate surface area is 152 Å². The molecule has 1 aromatic carbocycles. The van der Waals surface area contributed by atoms with Crippen LogP contribution in [-0.4, -0.2) is 19.4 Å². The number of benzene rings is 1. The summed E-state index contributed by atoms with van der Waals surface area (Å²) in [4.78, 5) is 12.5. The van der Waals surface area contributed by atoms with E-state index in [4.69, 9.17) is 24.7 Å². The zero-order chi connectivity index (χ0) is 18.1. The predicted octanol–water partition coefficient (Wildman–Crippen LogP) is 2.82. The number of carbonyl (C=O) groups excluding carboxylic acids is 1. The fourth-order valence-corrected chi connectivity index (χ4v) is 3.42. The number of hydrogen-bond acceptors (Lipinski definition) is 7. The number of esters is 1. The normalized spacial score (nSPS) is 18.7. The Morgan fingerprint density at radius 3 is 2.92 bits per heavy atom. The van der Waals surface area contributed by atoms with Gasteiger partial charge in [0, 0.05) is 0 Å². The van der Waals surface area contributed by atoms with Crippen LogP contribution in [0.25, 0.3) is 0 Å². The fraction of sp³-hybridized carbons (Fsp3) is 0.294. The van der Waals surface area contributed by atoms with Crippen molar-refractivity contribution in [3.63, 3.8) is 0 Å². The molecular formula is C17H15BrN2O5. The summed E-state index contributed by atoms with van der Waals surface area (Å²) < 4.78 is 22.0. The average molecular weight is 407 g/mol. The van der Waals surface area contributed by atoms with E-state index in [1.54, 1.807) is 26.0 Å². The molecular weight excluding hydrogens is 392 g/mol. The predicted molar refractivity (Wildman–Crippen MR) is 90.3 cm³/mol. The van der Waals surface area contributed by atoms with Crippen LogP contribution in [0.15, 0.2) is 39.4 Å². The van der Waals surface area contributed by atoms with Crippen LogP contribution in [0.1, 0.15) is 25.3 Å². The van der Waals surface area contributed by atoms with Crippen LogP contribution in [0.5, 0.6) is 11.5 Å². The van der Waals surface area contributed by atoms with Gasteiger partial charge in [-0.1, -0.05) is 0 Å². The van der Waals surface area contributed by atoms with Gasteiger partial charge in [0.15, 0.2) is 11.5 Å². The molecule has 8 heteroatoms. The van der Waals surface area contributed by atoms with E-state index in [0.29, 0.717) is 27.3 Å². The quantitative estimate of drug-likeness (QED) is 0.769. The van der Waals surface area contributed by atoms with Gasteiger partial charge in [0.25, 0.3) is 0 Å². The molecule has 1 atom stereocenters. The summed E-state index contributed by atoms with van der Waals surface area (Å²) in [5.74, 6) is 0.0838. The van der Waals surface area contributed by atoms with Crippen molar-refractivity contribution in [2.45, 2.75) is 19.8 Å². The Bertz CT molecular complexity index is 853. The second-order valence-electron chi connectivity index (χ2n) is 5.35. The highest BCUT2D eigenvalue weighted by atomic mass is 79.9. The first-order valence-electron chi connectivity index (χ1n) is 7.52. The van der Waals surface area contributed by atoms with Gasteiger partial charge in [0.1, 0.15) is 17.4 Å².